The Kier molecular flexibility index (Phi) is 13.9. The van der Waals surface area contributed by atoms with E-state index in [1.165, 1.54) is 6.08 Å². The van der Waals surface area contributed by atoms with Crippen molar-refractivity contribution in [3.05, 3.63) is 79.4 Å². The molecule has 4 nitrogen and oxygen atoms in total. The summed E-state index contributed by atoms with van der Waals surface area (Å²) in [6.07, 6.45) is 11.7. The number of ketones is 1. The van der Waals surface area contributed by atoms with Crippen molar-refractivity contribution in [3.8, 4) is 0 Å². The van der Waals surface area contributed by atoms with Crippen molar-refractivity contribution >= 4 is 26.1 Å². The van der Waals surface area contributed by atoms with E-state index in [4.69, 9.17) is 9.16 Å². The van der Waals surface area contributed by atoms with E-state index in [0.717, 1.165) is 18.4 Å². The van der Waals surface area contributed by atoms with Gasteiger partial charge in [-0.1, -0.05) is 103 Å². The molecular weight excluding hydrogens is 488 g/mol. The lowest BCUT2D eigenvalue weighted by Crippen LogP contribution is -2.46. The lowest BCUT2D eigenvalue weighted by molar-refractivity contribution is -0.148. The Balaban J connectivity index is 3.09. The summed E-state index contributed by atoms with van der Waals surface area (Å²) in [5, 5.41) is 0.0199. The summed E-state index contributed by atoms with van der Waals surface area (Å²) >= 11 is 0. The maximum Gasteiger partial charge on any atom is 0.330 e. The largest absolute Gasteiger partial charge is 0.458 e. The number of carbonyl (C=O) groups excluding carboxylic acids is 2. The summed E-state index contributed by atoms with van der Waals surface area (Å²) in [7, 11) is -2.13. The monoisotopic (exact) mass is 538 g/mol. The van der Waals surface area contributed by atoms with Crippen molar-refractivity contribution in [2.45, 2.75) is 91.1 Å². The first-order valence-corrected chi connectivity index (χ1v) is 16.7. The van der Waals surface area contributed by atoms with Gasteiger partial charge in [0.05, 0.1) is 6.10 Å². The Morgan fingerprint density at radius 1 is 1.03 bits per heavy atom. The van der Waals surface area contributed by atoms with E-state index in [9.17, 15) is 9.59 Å². The molecule has 5 heteroatoms. The molecule has 210 valence electrons. The van der Waals surface area contributed by atoms with E-state index < -0.39 is 14.3 Å². The van der Waals surface area contributed by atoms with Crippen LogP contribution in [-0.4, -0.2) is 32.3 Å². The maximum absolute atomic E-state index is 13.0. The Morgan fingerprint density at radius 2 is 1.66 bits per heavy atom. The van der Waals surface area contributed by atoms with Gasteiger partial charge in [0.15, 0.2) is 14.1 Å². The molecule has 38 heavy (non-hydrogen) atoms. The zero-order valence-corrected chi connectivity index (χ0v) is 25.9. The van der Waals surface area contributed by atoms with Crippen LogP contribution in [0, 0.1) is 17.8 Å². The normalized spacial score (nSPS) is 16.5. The summed E-state index contributed by atoms with van der Waals surface area (Å²) in [6.45, 7) is 24.9. The van der Waals surface area contributed by atoms with Crippen LogP contribution in [0.2, 0.25) is 18.1 Å². The van der Waals surface area contributed by atoms with Crippen LogP contribution in [-0.2, 0) is 18.8 Å². The molecular formula is C33H50O4Si. The van der Waals surface area contributed by atoms with Gasteiger partial charge >= 0.3 is 5.97 Å². The fourth-order valence-electron chi connectivity index (χ4n) is 4.29. The molecule has 0 N–H and O–H groups in total. The van der Waals surface area contributed by atoms with Crippen LogP contribution in [0.15, 0.2) is 73.9 Å². The minimum absolute atomic E-state index is 0.0199. The predicted octanol–water partition coefficient (Wildman–Crippen LogP) is 8.58. The number of hydrogen-bond acceptors (Lipinski definition) is 4. The standard InChI is InChI=1S/C33H50O4Si/c1-11-28(12-2)32(36-31(35)13-3)26(5)23-25(4)30(37-38(9,10)33(6,7)8)24-29(34)22-18-17-21-27-19-15-14-16-20-27/h11,13-22,25-26,28,30,32H,1,3,12,23-24H2,2,4-10H3/b21-17+,22-18+/t25-,26-,28+,30+,32-/m1/s1. The number of carbonyl (C=O) groups is 2. The molecule has 0 radical (unpaired) electrons. The van der Waals surface area contributed by atoms with Crippen molar-refractivity contribution in [1.82, 2.24) is 0 Å². The number of esters is 1. The molecule has 0 aromatic heterocycles. The second-order valence-electron chi connectivity index (χ2n) is 11.8. The molecule has 0 unspecified atom stereocenters. The van der Waals surface area contributed by atoms with E-state index >= 15 is 0 Å². The van der Waals surface area contributed by atoms with E-state index in [-0.39, 0.29) is 40.8 Å². The van der Waals surface area contributed by atoms with Gasteiger partial charge in [-0.2, -0.15) is 0 Å². The minimum atomic E-state index is -2.13. The van der Waals surface area contributed by atoms with Gasteiger partial charge in [-0.15, -0.1) is 6.58 Å². The molecule has 0 spiro atoms. The van der Waals surface area contributed by atoms with Gasteiger partial charge < -0.3 is 9.16 Å². The van der Waals surface area contributed by atoms with Crippen molar-refractivity contribution in [3.63, 3.8) is 0 Å². The maximum atomic E-state index is 13.0. The van der Waals surface area contributed by atoms with Crippen molar-refractivity contribution < 1.29 is 18.8 Å². The highest BCUT2D eigenvalue weighted by molar-refractivity contribution is 6.74. The average Bonchev–Trinajstić information content (AvgIpc) is 2.85. The van der Waals surface area contributed by atoms with Crippen LogP contribution in [0.1, 0.15) is 66.4 Å². The van der Waals surface area contributed by atoms with Crippen LogP contribution >= 0.6 is 0 Å². The molecule has 0 saturated carbocycles. The first kappa shape index (κ1) is 33.5. The summed E-state index contributed by atoms with van der Waals surface area (Å²) in [4.78, 5) is 25.1. The minimum Gasteiger partial charge on any atom is -0.458 e. The van der Waals surface area contributed by atoms with E-state index in [1.54, 1.807) is 12.2 Å². The topological polar surface area (TPSA) is 52.6 Å². The highest BCUT2D eigenvalue weighted by Crippen LogP contribution is 2.39. The third-order valence-corrected chi connectivity index (χ3v) is 12.2. The molecule has 0 bridgehead atoms. The second kappa shape index (κ2) is 15.8. The molecule has 0 fully saturated rings. The number of allylic oxidation sites excluding steroid dienone is 3. The lowest BCUT2D eigenvalue weighted by Gasteiger charge is -2.41. The molecule has 0 amide bonds. The van der Waals surface area contributed by atoms with Crippen LogP contribution < -0.4 is 0 Å². The summed E-state index contributed by atoms with van der Waals surface area (Å²) in [5.74, 6) is -0.196. The van der Waals surface area contributed by atoms with Crippen LogP contribution in [0.3, 0.4) is 0 Å². The number of rotatable bonds is 16. The Bertz CT molecular complexity index is 955. The molecule has 0 aliphatic heterocycles. The van der Waals surface area contributed by atoms with Gasteiger partial charge in [-0.3, -0.25) is 4.79 Å². The second-order valence-corrected chi connectivity index (χ2v) is 16.6. The van der Waals surface area contributed by atoms with Gasteiger partial charge in [0.2, 0.25) is 0 Å². The summed E-state index contributed by atoms with van der Waals surface area (Å²) < 4.78 is 12.6. The number of benzene rings is 1. The zero-order valence-electron chi connectivity index (χ0n) is 24.9. The first-order valence-electron chi connectivity index (χ1n) is 13.8. The summed E-state index contributed by atoms with van der Waals surface area (Å²) in [6, 6.07) is 9.99. The smallest absolute Gasteiger partial charge is 0.330 e. The van der Waals surface area contributed by atoms with Crippen molar-refractivity contribution in [1.29, 1.82) is 0 Å². The Morgan fingerprint density at radius 3 is 2.18 bits per heavy atom. The number of ether oxygens (including phenoxy) is 1. The van der Waals surface area contributed by atoms with Crippen molar-refractivity contribution in [2.75, 3.05) is 0 Å². The Hall–Kier alpha value is -2.50. The van der Waals surface area contributed by atoms with Gasteiger partial charge in [-0.25, -0.2) is 4.79 Å². The van der Waals surface area contributed by atoms with Gasteiger partial charge in [0, 0.05) is 18.4 Å². The molecule has 5 atom stereocenters. The molecule has 1 rings (SSSR count). The molecule has 1 aromatic rings. The number of hydrogen-bond donors (Lipinski definition) is 0. The first-order chi connectivity index (χ1) is 17.7. The van der Waals surface area contributed by atoms with Gasteiger partial charge in [0.25, 0.3) is 0 Å². The summed E-state index contributed by atoms with van der Waals surface area (Å²) in [5.41, 5.74) is 1.09. The highest BCUT2D eigenvalue weighted by atomic mass is 28.4. The van der Waals surface area contributed by atoms with Crippen LogP contribution in [0.4, 0.5) is 0 Å². The Labute approximate surface area is 233 Å². The fourth-order valence-corrected chi connectivity index (χ4v) is 5.71. The predicted molar refractivity (Wildman–Crippen MR) is 163 cm³/mol. The van der Waals surface area contributed by atoms with E-state index in [1.807, 2.05) is 48.6 Å². The quantitative estimate of drug-likeness (QED) is 0.0695. The van der Waals surface area contributed by atoms with Crippen LogP contribution in [0.25, 0.3) is 6.08 Å². The fraction of sp³-hybridized carbons (Fsp3) is 0.515. The molecule has 0 saturated heterocycles. The van der Waals surface area contributed by atoms with E-state index in [0.29, 0.717) is 6.42 Å². The van der Waals surface area contributed by atoms with E-state index in [2.05, 4.69) is 67.8 Å². The van der Waals surface area contributed by atoms with Gasteiger partial charge in [-0.05, 0) is 54.4 Å². The molecule has 0 heterocycles. The average molecular weight is 539 g/mol. The molecule has 0 aliphatic rings. The third kappa shape index (κ3) is 11.1. The van der Waals surface area contributed by atoms with Gasteiger partial charge in [0.1, 0.15) is 6.10 Å². The molecule has 0 aliphatic carbocycles. The van der Waals surface area contributed by atoms with Crippen LogP contribution in [0.5, 0.6) is 0 Å². The highest BCUT2D eigenvalue weighted by Gasteiger charge is 2.41. The van der Waals surface area contributed by atoms with Crippen molar-refractivity contribution in [2.24, 2.45) is 17.8 Å². The SMILES string of the molecule is C=CC(=O)O[C@H]([C@H](C)C[C@@H](C)[C@H](CC(=O)/C=C/C=C/c1ccccc1)O[Si](C)(C)C(C)(C)C)[C@@H](C=C)CC. The molecule has 1 aromatic carbocycles. The zero-order chi connectivity index (χ0) is 28.9. The lowest BCUT2D eigenvalue weighted by atomic mass is 9.82. The third-order valence-electron chi connectivity index (χ3n) is 7.69.